The van der Waals surface area contributed by atoms with E-state index in [0.29, 0.717) is 0 Å². The summed E-state index contributed by atoms with van der Waals surface area (Å²) in [5.74, 6) is 3.37. The van der Waals surface area contributed by atoms with Crippen molar-refractivity contribution >= 4 is 69.8 Å². The first-order valence-corrected chi connectivity index (χ1v) is 28.2. The van der Waals surface area contributed by atoms with Gasteiger partial charge < -0.3 is 19.3 Å². The number of hydrogen-bond donors (Lipinski definition) is 0. The Balaban J connectivity index is 1.16. The Morgan fingerprint density at radius 2 is 0.675 bits per heavy atom. The molecule has 77 heavy (non-hydrogen) atoms. The molecule has 0 unspecified atom stereocenters. The van der Waals surface area contributed by atoms with Crippen LogP contribution in [0.3, 0.4) is 0 Å². The number of nitrogens with zero attached hydrogens (tertiary/aromatic N) is 2. The van der Waals surface area contributed by atoms with Gasteiger partial charge in [0.1, 0.15) is 11.5 Å². The van der Waals surface area contributed by atoms with E-state index in [-0.39, 0.29) is 0 Å². The van der Waals surface area contributed by atoms with Gasteiger partial charge in [-0.1, -0.05) is 133 Å². The summed E-state index contributed by atoms with van der Waals surface area (Å²) in [7, 11) is 0. The minimum Gasteiger partial charge on any atom is -0.454 e. The summed E-state index contributed by atoms with van der Waals surface area (Å²) in [6, 6.07) is 67.8. The monoisotopic (exact) mass is 1030 g/mol. The number of ether oxygens (including phenoxy) is 2. The number of aryl methyl sites for hydroxylation is 8. The Morgan fingerprint density at radius 1 is 0.338 bits per heavy atom. The van der Waals surface area contributed by atoms with Crippen molar-refractivity contribution in [1.29, 1.82) is 0 Å². The SMILES string of the molecule is Cc1ccc(N(c2ccc(C)c(C)c2)c2cc3c(c4c2Sc2ccccc2O4)C=Cc2c(cc(N(c4ccc(C)c(C)c4)c4ccc(C)c(C)c4)c4c2Oc2ccccc2S4)C32c3ccccc3-c3ccccc32)cc1C. The molecule has 0 saturated carbocycles. The van der Waals surface area contributed by atoms with Gasteiger partial charge in [-0.15, -0.1) is 0 Å². The third-order valence-electron chi connectivity index (χ3n) is 16.7. The van der Waals surface area contributed by atoms with Gasteiger partial charge in [0, 0.05) is 33.9 Å². The van der Waals surface area contributed by atoms with Crippen LogP contribution in [0.4, 0.5) is 34.1 Å². The fourth-order valence-electron chi connectivity index (χ4n) is 12.1. The quantitative estimate of drug-likeness (QED) is 0.165. The van der Waals surface area contributed by atoms with Crippen LogP contribution in [0.25, 0.3) is 23.3 Å². The van der Waals surface area contributed by atoms with E-state index >= 15 is 0 Å². The average molecular weight is 1030 g/mol. The highest BCUT2D eigenvalue weighted by Gasteiger charge is 2.52. The van der Waals surface area contributed by atoms with E-state index in [0.717, 1.165) is 99.0 Å². The molecule has 0 bridgehead atoms. The van der Waals surface area contributed by atoms with E-state index < -0.39 is 5.41 Å². The number of rotatable bonds is 6. The van der Waals surface area contributed by atoms with Gasteiger partial charge in [-0.2, -0.15) is 0 Å². The van der Waals surface area contributed by atoms with Gasteiger partial charge in [-0.25, -0.2) is 0 Å². The van der Waals surface area contributed by atoms with E-state index in [2.05, 4.69) is 259 Å². The van der Waals surface area contributed by atoms with Gasteiger partial charge in [0.15, 0.2) is 11.5 Å². The van der Waals surface area contributed by atoms with Gasteiger partial charge in [0.2, 0.25) is 0 Å². The largest absolute Gasteiger partial charge is 0.454 e. The smallest absolute Gasteiger partial charge is 0.151 e. The number of hydrogen-bond acceptors (Lipinski definition) is 6. The predicted octanol–water partition coefficient (Wildman–Crippen LogP) is 20.5. The van der Waals surface area contributed by atoms with Crippen LogP contribution in [0.5, 0.6) is 23.0 Å². The van der Waals surface area contributed by atoms with Crippen LogP contribution in [0.15, 0.2) is 202 Å². The number of fused-ring (bicyclic) bond motifs is 15. The van der Waals surface area contributed by atoms with Crippen molar-refractivity contribution in [3.05, 3.63) is 260 Å². The summed E-state index contributed by atoms with van der Waals surface area (Å²) in [6.45, 7) is 17.7. The third kappa shape index (κ3) is 7.29. The molecule has 0 radical (unpaired) electrons. The van der Waals surface area contributed by atoms with Gasteiger partial charge in [-0.05, 0) is 218 Å². The Morgan fingerprint density at radius 3 is 1.04 bits per heavy atom. The van der Waals surface area contributed by atoms with Gasteiger partial charge in [0.05, 0.1) is 36.4 Å². The second-order valence-electron chi connectivity index (χ2n) is 21.3. The lowest BCUT2D eigenvalue weighted by molar-refractivity contribution is 0.451. The van der Waals surface area contributed by atoms with E-state index in [1.54, 1.807) is 23.5 Å². The molecule has 0 amide bonds. The summed E-state index contributed by atoms with van der Waals surface area (Å²) in [4.78, 5) is 9.23. The molecule has 0 fully saturated rings. The highest BCUT2D eigenvalue weighted by atomic mass is 32.2. The Hall–Kier alpha value is -8.16. The molecular formula is C71H56N2O2S2. The molecule has 2 aliphatic heterocycles. The maximum atomic E-state index is 7.49. The third-order valence-corrected chi connectivity index (χ3v) is 19.0. The maximum absolute atomic E-state index is 7.49. The van der Waals surface area contributed by atoms with E-state index in [1.165, 1.54) is 66.8 Å². The van der Waals surface area contributed by atoms with Crippen molar-refractivity contribution in [3.63, 3.8) is 0 Å². The molecule has 4 nitrogen and oxygen atoms in total. The topological polar surface area (TPSA) is 24.9 Å². The van der Waals surface area contributed by atoms with Crippen molar-refractivity contribution < 1.29 is 9.47 Å². The molecule has 4 aliphatic rings. The molecular weight excluding hydrogens is 977 g/mol. The molecule has 0 N–H and O–H groups in total. The fraction of sp³-hybridized carbons (Fsp3) is 0.127. The first kappa shape index (κ1) is 47.3. The van der Waals surface area contributed by atoms with Crippen LogP contribution >= 0.6 is 23.5 Å². The summed E-state index contributed by atoms with van der Waals surface area (Å²) >= 11 is 3.59. The first-order chi connectivity index (χ1) is 37.5. The molecule has 10 aromatic rings. The molecule has 2 heterocycles. The Labute approximate surface area is 460 Å². The molecule has 6 heteroatoms. The summed E-state index contributed by atoms with van der Waals surface area (Å²) in [5, 5.41) is 0. The van der Waals surface area contributed by atoms with Crippen LogP contribution < -0.4 is 19.3 Å². The minimum atomic E-state index is -0.902. The average Bonchev–Trinajstić information content (AvgIpc) is 3.83. The molecule has 0 atom stereocenters. The van der Waals surface area contributed by atoms with Crippen LogP contribution in [0.2, 0.25) is 0 Å². The van der Waals surface area contributed by atoms with Crippen molar-refractivity contribution in [2.45, 2.75) is 80.4 Å². The fourth-order valence-corrected chi connectivity index (χ4v) is 14.2. The maximum Gasteiger partial charge on any atom is 0.151 e. The second kappa shape index (κ2) is 18.0. The molecule has 2 aliphatic carbocycles. The first-order valence-electron chi connectivity index (χ1n) is 26.6. The number of para-hydroxylation sites is 2. The van der Waals surface area contributed by atoms with Gasteiger partial charge in [0.25, 0.3) is 0 Å². The highest BCUT2D eigenvalue weighted by Crippen LogP contribution is 2.66. The van der Waals surface area contributed by atoms with Crippen LogP contribution in [0.1, 0.15) is 77.9 Å². The lowest BCUT2D eigenvalue weighted by atomic mass is 9.65. The summed E-state index contributed by atoms with van der Waals surface area (Å²) < 4.78 is 15.0. The molecule has 10 aromatic carbocycles. The molecule has 1 spiro atoms. The zero-order chi connectivity index (χ0) is 52.4. The molecule has 14 rings (SSSR count). The van der Waals surface area contributed by atoms with Crippen molar-refractivity contribution in [2.75, 3.05) is 9.80 Å². The van der Waals surface area contributed by atoms with E-state index in [1.807, 2.05) is 0 Å². The van der Waals surface area contributed by atoms with E-state index in [4.69, 9.17) is 9.47 Å². The lowest BCUT2D eigenvalue weighted by Gasteiger charge is -2.40. The number of anilines is 6. The van der Waals surface area contributed by atoms with Crippen LogP contribution in [-0.4, -0.2) is 0 Å². The second-order valence-corrected chi connectivity index (χ2v) is 23.4. The lowest BCUT2D eigenvalue weighted by Crippen LogP contribution is -2.31. The Bertz CT molecular complexity index is 3820. The summed E-state index contributed by atoms with van der Waals surface area (Å²) in [6.07, 6.45) is 4.66. The summed E-state index contributed by atoms with van der Waals surface area (Å²) in [5.41, 5.74) is 24.7. The molecule has 0 saturated heterocycles. The van der Waals surface area contributed by atoms with E-state index in [9.17, 15) is 0 Å². The normalized spacial score (nSPS) is 13.6. The zero-order valence-electron chi connectivity index (χ0n) is 44.5. The molecule has 0 aromatic heterocycles. The molecule has 374 valence electrons. The van der Waals surface area contributed by atoms with Crippen LogP contribution in [0, 0.1) is 55.4 Å². The number of benzene rings is 10. The van der Waals surface area contributed by atoms with Gasteiger partial charge in [-0.3, -0.25) is 0 Å². The zero-order valence-corrected chi connectivity index (χ0v) is 46.1. The highest BCUT2D eigenvalue weighted by molar-refractivity contribution is 8.00. The standard InChI is InChI=1S/C71H56N2O2S2/c1-41-25-29-49(35-45(41)5)72(50-30-26-42(2)46(6)36-50)61-39-59-55(67-69(61)76-65-23-15-13-21-63(65)74-67)33-34-56-60(71(59)57-19-11-9-17-53(57)54-18-10-12-20-58(54)71)40-62(70-68(56)75-64-22-14-16-24-66(64)77-70)73(51-31-27-43(3)47(7)37-51)52-32-28-44(4)48(8)38-52/h9-40H,1-8H3. The predicted molar refractivity (Wildman–Crippen MR) is 321 cm³/mol. The van der Waals surface area contributed by atoms with Crippen molar-refractivity contribution in [1.82, 2.24) is 0 Å². The van der Waals surface area contributed by atoms with Crippen molar-refractivity contribution in [2.24, 2.45) is 0 Å². The minimum absolute atomic E-state index is 0.839. The van der Waals surface area contributed by atoms with Crippen LogP contribution in [-0.2, 0) is 5.41 Å². The van der Waals surface area contributed by atoms with Crippen molar-refractivity contribution in [3.8, 4) is 34.1 Å². The van der Waals surface area contributed by atoms with Gasteiger partial charge >= 0.3 is 0 Å². The Kier molecular flexibility index (Phi) is 11.0.